The second kappa shape index (κ2) is 8.29. The monoisotopic (exact) mass is 455 g/mol. The van der Waals surface area contributed by atoms with Crippen LogP contribution in [-0.4, -0.2) is 48.8 Å². The van der Waals surface area contributed by atoms with Crippen molar-refractivity contribution in [1.82, 2.24) is 5.32 Å². The Balaban J connectivity index is 1.93. The topological polar surface area (TPSA) is 98.8 Å². The summed E-state index contributed by atoms with van der Waals surface area (Å²) in [6.45, 7) is 5.26. The lowest BCUT2D eigenvalue weighted by atomic mass is 9.61. The zero-order valence-electron chi connectivity index (χ0n) is 17.0. The number of nitrogens with one attached hydrogen (secondary N) is 1. The lowest BCUT2D eigenvalue weighted by Gasteiger charge is -2.42. The first-order chi connectivity index (χ1) is 14.0. The van der Waals surface area contributed by atoms with Gasteiger partial charge < -0.3 is 14.8 Å². The molecule has 1 saturated heterocycles. The number of benzene rings is 1. The number of amides is 1. The average molecular weight is 456 g/mol. The molecule has 1 aromatic rings. The van der Waals surface area contributed by atoms with E-state index in [-0.39, 0.29) is 15.6 Å². The Bertz CT molecular complexity index is 915. The van der Waals surface area contributed by atoms with Crippen LogP contribution in [0, 0.1) is 5.92 Å². The van der Waals surface area contributed by atoms with Crippen molar-refractivity contribution in [2.24, 2.45) is 5.92 Å². The molecule has 162 valence electrons. The summed E-state index contributed by atoms with van der Waals surface area (Å²) in [5.41, 5.74) is -1.11. The number of rotatable bonds is 3. The van der Waals surface area contributed by atoms with E-state index in [4.69, 9.17) is 32.7 Å². The van der Waals surface area contributed by atoms with Crippen molar-refractivity contribution >= 4 is 46.6 Å². The van der Waals surface area contributed by atoms with E-state index >= 15 is 0 Å². The third-order valence-corrected chi connectivity index (χ3v) is 6.00. The number of hydrogen-bond acceptors (Lipinski definition) is 6. The molecule has 2 aliphatic rings. The first-order valence-corrected chi connectivity index (χ1v) is 10.4. The molecule has 7 nitrogen and oxygen atoms in total. The van der Waals surface area contributed by atoms with Crippen LogP contribution in [-0.2, 0) is 29.3 Å². The minimum absolute atomic E-state index is 0.160. The fourth-order valence-corrected chi connectivity index (χ4v) is 4.27. The highest BCUT2D eigenvalue weighted by Gasteiger charge is 2.54. The number of ketones is 2. The molecule has 0 saturated carbocycles. The smallest absolute Gasteiger partial charge is 0.325 e. The maximum atomic E-state index is 13.5. The number of esters is 1. The molecule has 0 radical (unpaired) electrons. The van der Waals surface area contributed by atoms with E-state index in [0.29, 0.717) is 31.6 Å². The van der Waals surface area contributed by atoms with E-state index in [1.165, 1.54) is 12.1 Å². The first-order valence-electron chi connectivity index (χ1n) is 9.61. The molecule has 1 spiro atoms. The molecule has 1 unspecified atom stereocenters. The highest BCUT2D eigenvalue weighted by atomic mass is 35.5. The van der Waals surface area contributed by atoms with Gasteiger partial charge in [0.05, 0.1) is 15.5 Å². The largest absolute Gasteiger partial charge is 0.459 e. The van der Waals surface area contributed by atoms with E-state index in [1.807, 2.05) is 0 Å². The highest BCUT2D eigenvalue weighted by Crippen LogP contribution is 2.46. The van der Waals surface area contributed by atoms with E-state index in [2.05, 4.69) is 5.32 Å². The standard InChI is InChI=1S/C21H23Cl2NO6/c1-20(2,3)30-15(25)10-24-19(28)16-17(26)11-8-13(22)14(23)9-12(11)21(18(16)27)4-6-29-7-5-21/h8-9,16H,4-7,10H2,1-3H3,(H,24,28). The van der Waals surface area contributed by atoms with Gasteiger partial charge in [-0.3, -0.25) is 19.2 Å². The van der Waals surface area contributed by atoms with Crippen molar-refractivity contribution in [1.29, 1.82) is 0 Å². The van der Waals surface area contributed by atoms with Gasteiger partial charge in [-0.15, -0.1) is 0 Å². The fraction of sp³-hybridized carbons (Fsp3) is 0.524. The normalized spacial score (nSPS) is 20.6. The van der Waals surface area contributed by atoms with Gasteiger partial charge >= 0.3 is 5.97 Å². The van der Waals surface area contributed by atoms with Gasteiger partial charge in [-0.1, -0.05) is 23.2 Å². The van der Waals surface area contributed by atoms with Gasteiger partial charge in [-0.2, -0.15) is 0 Å². The molecule has 1 N–H and O–H groups in total. The van der Waals surface area contributed by atoms with Crippen LogP contribution in [0.1, 0.15) is 49.5 Å². The minimum Gasteiger partial charge on any atom is -0.459 e. The summed E-state index contributed by atoms with van der Waals surface area (Å²) in [6, 6.07) is 2.94. The number of halogens is 2. The number of hydrogen-bond donors (Lipinski definition) is 1. The second-order valence-corrected chi connectivity index (χ2v) is 9.29. The van der Waals surface area contributed by atoms with Crippen LogP contribution in [0.2, 0.25) is 10.0 Å². The fourth-order valence-electron chi connectivity index (χ4n) is 3.94. The number of fused-ring (bicyclic) bond motifs is 2. The number of ether oxygens (including phenoxy) is 2. The molecule has 1 fully saturated rings. The molecular weight excluding hydrogens is 433 g/mol. The molecule has 1 aromatic carbocycles. The van der Waals surface area contributed by atoms with E-state index in [9.17, 15) is 19.2 Å². The van der Waals surface area contributed by atoms with Crippen LogP contribution in [0.5, 0.6) is 0 Å². The van der Waals surface area contributed by atoms with Crippen molar-refractivity contribution in [2.45, 2.75) is 44.6 Å². The van der Waals surface area contributed by atoms with Crippen LogP contribution >= 0.6 is 23.2 Å². The van der Waals surface area contributed by atoms with Crippen LogP contribution < -0.4 is 5.32 Å². The van der Waals surface area contributed by atoms with Crippen LogP contribution in [0.15, 0.2) is 12.1 Å². The molecule has 0 aromatic heterocycles. The zero-order valence-corrected chi connectivity index (χ0v) is 18.5. The number of Topliss-reactive ketones (excluding diaryl/α,β-unsaturated/α-hetero) is 2. The maximum Gasteiger partial charge on any atom is 0.325 e. The van der Waals surface area contributed by atoms with Gasteiger partial charge in [-0.25, -0.2) is 0 Å². The second-order valence-electron chi connectivity index (χ2n) is 8.47. The Kier molecular flexibility index (Phi) is 6.28. The molecule has 0 bridgehead atoms. The number of carbonyl (C=O) groups excluding carboxylic acids is 4. The minimum atomic E-state index is -1.57. The van der Waals surface area contributed by atoms with Gasteiger partial charge in [0.25, 0.3) is 0 Å². The molecule has 9 heteroatoms. The van der Waals surface area contributed by atoms with Crippen molar-refractivity contribution in [3.8, 4) is 0 Å². The molecule has 30 heavy (non-hydrogen) atoms. The third kappa shape index (κ3) is 4.24. The highest BCUT2D eigenvalue weighted by molar-refractivity contribution is 6.42. The quantitative estimate of drug-likeness (QED) is 0.555. The average Bonchev–Trinajstić information content (AvgIpc) is 2.66. The predicted octanol–water partition coefficient (Wildman–Crippen LogP) is 2.88. The Morgan fingerprint density at radius 3 is 2.37 bits per heavy atom. The molecule has 1 aliphatic heterocycles. The van der Waals surface area contributed by atoms with Gasteiger partial charge in [0.2, 0.25) is 5.91 Å². The predicted molar refractivity (Wildman–Crippen MR) is 110 cm³/mol. The van der Waals surface area contributed by atoms with Gasteiger partial charge in [0.15, 0.2) is 17.5 Å². The van der Waals surface area contributed by atoms with E-state index in [1.54, 1.807) is 20.8 Å². The Morgan fingerprint density at radius 2 is 1.77 bits per heavy atom. The summed E-state index contributed by atoms with van der Waals surface area (Å²) in [6.07, 6.45) is 0.639. The Hall–Kier alpha value is -1.96. The van der Waals surface area contributed by atoms with Crippen molar-refractivity contribution in [3.05, 3.63) is 33.3 Å². The van der Waals surface area contributed by atoms with E-state index in [0.717, 1.165) is 0 Å². The summed E-state index contributed by atoms with van der Waals surface area (Å²) >= 11 is 12.3. The van der Waals surface area contributed by atoms with Gasteiger partial charge in [0, 0.05) is 18.8 Å². The van der Waals surface area contributed by atoms with Crippen LogP contribution in [0.25, 0.3) is 0 Å². The maximum absolute atomic E-state index is 13.5. The molecular formula is C21H23Cl2NO6. The van der Waals surface area contributed by atoms with Crippen LogP contribution in [0.4, 0.5) is 0 Å². The number of carbonyl (C=O) groups is 4. The zero-order chi connectivity index (χ0) is 22.3. The molecule has 3 rings (SSSR count). The Morgan fingerprint density at radius 1 is 1.17 bits per heavy atom. The van der Waals surface area contributed by atoms with Crippen molar-refractivity contribution in [2.75, 3.05) is 19.8 Å². The summed E-state index contributed by atoms with van der Waals surface area (Å²) in [5.74, 6) is -4.24. The third-order valence-electron chi connectivity index (χ3n) is 5.27. The van der Waals surface area contributed by atoms with E-state index < -0.39 is 46.9 Å². The van der Waals surface area contributed by atoms with Gasteiger partial charge in [-0.05, 0) is 51.3 Å². The summed E-state index contributed by atoms with van der Waals surface area (Å²) in [5, 5.41) is 2.76. The lowest BCUT2D eigenvalue weighted by Crippen LogP contribution is -2.55. The molecule has 1 heterocycles. The summed E-state index contributed by atoms with van der Waals surface area (Å²) in [7, 11) is 0. The van der Waals surface area contributed by atoms with Crippen molar-refractivity contribution in [3.63, 3.8) is 0 Å². The van der Waals surface area contributed by atoms with Gasteiger partial charge in [0.1, 0.15) is 12.1 Å². The molecule has 1 amide bonds. The lowest BCUT2D eigenvalue weighted by molar-refractivity contribution is -0.155. The molecule has 1 aliphatic carbocycles. The van der Waals surface area contributed by atoms with Crippen LogP contribution in [0.3, 0.4) is 0 Å². The summed E-state index contributed by atoms with van der Waals surface area (Å²) in [4.78, 5) is 51.3. The van der Waals surface area contributed by atoms with Crippen molar-refractivity contribution < 1.29 is 28.7 Å². The SMILES string of the molecule is CC(C)(C)OC(=O)CNC(=O)C1C(=O)c2cc(Cl)c(Cl)cc2C2(CCOCC2)C1=O. The molecule has 1 atom stereocenters. The summed E-state index contributed by atoms with van der Waals surface area (Å²) < 4.78 is 10.6. The Labute approximate surface area is 184 Å². The first kappa shape index (κ1) is 22.7.